The van der Waals surface area contributed by atoms with Crippen LogP contribution in [-0.4, -0.2) is 60.4 Å². The number of hydrogen-bond donors (Lipinski definition) is 1. The number of morpholine rings is 1. The molecule has 1 atom stereocenters. The molecule has 0 aliphatic carbocycles. The summed E-state index contributed by atoms with van der Waals surface area (Å²) in [5.41, 5.74) is 2.41. The zero-order chi connectivity index (χ0) is 20.2. The summed E-state index contributed by atoms with van der Waals surface area (Å²) in [6, 6.07) is 10.5. The first kappa shape index (κ1) is 19.9. The molecular weight excluding hydrogens is 396 g/mol. The van der Waals surface area contributed by atoms with Crippen LogP contribution in [-0.2, 0) is 16.0 Å². The number of thiophene rings is 1. The average molecular weight is 425 g/mol. The van der Waals surface area contributed by atoms with Crippen molar-refractivity contribution in [2.24, 2.45) is 0 Å². The fourth-order valence-electron chi connectivity index (χ4n) is 4.20. The number of anilines is 1. The third-order valence-corrected chi connectivity index (χ3v) is 6.69. The molecule has 7 heteroatoms. The molecule has 3 aromatic rings. The molecule has 0 bridgehead atoms. The molecule has 6 nitrogen and oxygen atoms in total. The first-order valence-corrected chi connectivity index (χ1v) is 11.7. The predicted octanol–water partition coefficient (Wildman–Crippen LogP) is 4.17. The minimum absolute atomic E-state index is 0.374. The third kappa shape index (κ3) is 4.49. The minimum atomic E-state index is 0.374. The number of benzene rings is 1. The van der Waals surface area contributed by atoms with Gasteiger partial charge in [0.2, 0.25) is 0 Å². The Balaban J connectivity index is 1.44. The Kier molecular flexibility index (Phi) is 6.22. The predicted molar refractivity (Wildman–Crippen MR) is 121 cm³/mol. The van der Waals surface area contributed by atoms with Crippen LogP contribution >= 0.6 is 11.3 Å². The summed E-state index contributed by atoms with van der Waals surface area (Å²) >= 11 is 1.70. The Bertz CT molecular complexity index is 966. The lowest BCUT2D eigenvalue weighted by atomic mass is 10.1. The maximum Gasteiger partial charge on any atom is 0.146 e. The maximum atomic E-state index is 5.79. The molecule has 0 saturated carbocycles. The number of fused-ring (bicyclic) bond motifs is 1. The van der Waals surface area contributed by atoms with Crippen LogP contribution in [0.15, 0.2) is 35.7 Å². The number of nitrogens with zero attached hydrogens (tertiary/aromatic N) is 3. The second-order valence-electron chi connectivity index (χ2n) is 7.92. The van der Waals surface area contributed by atoms with E-state index in [0.29, 0.717) is 6.10 Å². The van der Waals surface area contributed by atoms with Gasteiger partial charge in [-0.1, -0.05) is 30.3 Å². The maximum absolute atomic E-state index is 5.79. The van der Waals surface area contributed by atoms with Crippen molar-refractivity contribution in [2.45, 2.75) is 31.9 Å². The molecule has 0 spiro atoms. The number of nitrogens with one attached hydrogen (secondary N) is 1. The third-order valence-electron chi connectivity index (χ3n) is 5.82. The number of ether oxygens (including phenoxy) is 2. The fourth-order valence-corrected chi connectivity index (χ4v) is 5.16. The lowest BCUT2D eigenvalue weighted by Gasteiger charge is -2.25. The van der Waals surface area contributed by atoms with Gasteiger partial charge in [-0.2, -0.15) is 0 Å². The van der Waals surface area contributed by atoms with Gasteiger partial charge >= 0.3 is 0 Å². The van der Waals surface area contributed by atoms with Gasteiger partial charge in [0, 0.05) is 37.2 Å². The van der Waals surface area contributed by atoms with Crippen molar-refractivity contribution < 1.29 is 9.47 Å². The van der Waals surface area contributed by atoms with E-state index in [0.717, 1.165) is 80.7 Å². The topological polar surface area (TPSA) is 59.5 Å². The highest BCUT2D eigenvalue weighted by molar-refractivity contribution is 7.17. The van der Waals surface area contributed by atoms with Crippen molar-refractivity contribution in [3.8, 4) is 11.1 Å². The van der Waals surface area contributed by atoms with Gasteiger partial charge in [0.1, 0.15) is 16.5 Å². The summed E-state index contributed by atoms with van der Waals surface area (Å²) in [6.07, 6.45) is 3.72. The van der Waals surface area contributed by atoms with Crippen LogP contribution in [0.25, 0.3) is 21.3 Å². The smallest absolute Gasteiger partial charge is 0.146 e. The molecule has 158 valence electrons. The Morgan fingerprint density at radius 3 is 2.77 bits per heavy atom. The van der Waals surface area contributed by atoms with E-state index in [9.17, 15) is 0 Å². The van der Waals surface area contributed by atoms with Gasteiger partial charge in [-0.15, -0.1) is 11.3 Å². The molecule has 2 aromatic heterocycles. The zero-order valence-corrected chi connectivity index (χ0v) is 18.0. The van der Waals surface area contributed by atoms with Crippen molar-refractivity contribution in [1.82, 2.24) is 14.9 Å². The van der Waals surface area contributed by atoms with Gasteiger partial charge in [-0.3, -0.25) is 4.90 Å². The van der Waals surface area contributed by atoms with Crippen LogP contribution in [0.3, 0.4) is 0 Å². The summed E-state index contributed by atoms with van der Waals surface area (Å²) in [5, 5.41) is 6.96. The lowest BCUT2D eigenvalue weighted by molar-refractivity contribution is 0.0331. The zero-order valence-electron chi connectivity index (χ0n) is 17.2. The summed E-state index contributed by atoms with van der Waals surface area (Å²) in [6.45, 7) is 5.95. The van der Waals surface area contributed by atoms with Crippen LogP contribution in [0, 0.1) is 0 Å². The summed E-state index contributed by atoms with van der Waals surface area (Å²) < 4.78 is 11.3. The van der Waals surface area contributed by atoms with Crippen LogP contribution in [0.1, 0.15) is 25.1 Å². The molecule has 4 heterocycles. The molecule has 2 aliphatic rings. The van der Waals surface area contributed by atoms with E-state index in [4.69, 9.17) is 19.4 Å². The second-order valence-corrected chi connectivity index (χ2v) is 8.78. The quantitative estimate of drug-likeness (QED) is 0.614. The van der Waals surface area contributed by atoms with Crippen molar-refractivity contribution in [3.63, 3.8) is 0 Å². The molecule has 2 aliphatic heterocycles. The summed E-state index contributed by atoms with van der Waals surface area (Å²) in [7, 11) is 0. The highest BCUT2D eigenvalue weighted by Gasteiger charge is 2.19. The molecular formula is C23H28N4O2S. The normalized spacial score (nSPS) is 20.1. The molecule has 1 aromatic carbocycles. The van der Waals surface area contributed by atoms with E-state index in [1.807, 2.05) is 0 Å². The Labute approximate surface area is 181 Å². The molecule has 5 rings (SSSR count). The molecule has 0 amide bonds. The van der Waals surface area contributed by atoms with Crippen molar-refractivity contribution in [3.05, 3.63) is 41.5 Å². The molecule has 2 fully saturated rings. The highest BCUT2D eigenvalue weighted by Crippen LogP contribution is 2.37. The summed E-state index contributed by atoms with van der Waals surface area (Å²) in [5.74, 6) is 1.83. The lowest BCUT2D eigenvalue weighted by Crippen LogP contribution is -2.36. The molecule has 0 radical (unpaired) electrons. The van der Waals surface area contributed by atoms with Gasteiger partial charge in [0.25, 0.3) is 0 Å². The standard InChI is InChI=1S/C23H28N4O2S/c1-2-5-17(6-3-1)19-16-30-23-21(19)22(24-9-8-18-7-4-12-29-18)25-20(26-23)15-27-10-13-28-14-11-27/h1-3,5-6,16,18H,4,7-15H2,(H,24,25,26)/t18-/m0/s1. The monoisotopic (exact) mass is 424 g/mol. The Morgan fingerprint density at radius 2 is 1.97 bits per heavy atom. The molecule has 2 saturated heterocycles. The Morgan fingerprint density at radius 1 is 1.10 bits per heavy atom. The highest BCUT2D eigenvalue weighted by atomic mass is 32.1. The number of hydrogen-bond acceptors (Lipinski definition) is 7. The SMILES string of the molecule is c1ccc(-c2csc3nc(CN4CCOCC4)nc(NCC[C@@H]4CCCO4)c23)cc1. The van der Waals surface area contributed by atoms with Crippen molar-refractivity contribution >= 4 is 27.4 Å². The van der Waals surface area contributed by atoms with Crippen molar-refractivity contribution in [1.29, 1.82) is 0 Å². The molecule has 1 N–H and O–H groups in total. The largest absolute Gasteiger partial charge is 0.379 e. The van der Waals surface area contributed by atoms with E-state index < -0.39 is 0 Å². The van der Waals surface area contributed by atoms with Crippen molar-refractivity contribution in [2.75, 3.05) is 44.8 Å². The minimum Gasteiger partial charge on any atom is -0.379 e. The van der Waals surface area contributed by atoms with Crippen LogP contribution in [0.2, 0.25) is 0 Å². The van der Waals surface area contributed by atoms with E-state index in [-0.39, 0.29) is 0 Å². The van der Waals surface area contributed by atoms with Crippen LogP contribution in [0.5, 0.6) is 0 Å². The van der Waals surface area contributed by atoms with E-state index in [1.165, 1.54) is 17.5 Å². The first-order valence-electron chi connectivity index (χ1n) is 10.9. The molecule has 30 heavy (non-hydrogen) atoms. The van der Waals surface area contributed by atoms with Crippen LogP contribution in [0.4, 0.5) is 5.82 Å². The number of rotatable bonds is 7. The number of aromatic nitrogens is 2. The van der Waals surface area contributed by atoms with Crippen LogP contribution < -0.4 is 5.32 Å². The second kappa shape index (κ2) is 9.39. The van der Waals surface area contributed by atoms with E-state index >= 15 is 0 Å². The fraction of sp³-hybridized carbons (Fsp3) is 0.478. The first-order chi connectivity index (χ1) is 14.9. The van der Waals surface area contributed by atoms with Gasteiger partial charge in [0.15, 0.2) is 0 Å². The van der Waals surface area contributed by atoms with Gasteiger partial charge in [-0.05, 0) is 24.8 Å². The average Bonchev–Trinajstić information content (AvgIpc) is 3.45. The summed E-state index contributed by atoms with van der Waals surface area (Å²) in [4.78, 5) is 13.3. The van der Waals surface area contributed by atoms with Gasteiger partial charge < -0.3 is 14.8 Å². The van der Waals surface area contributed by atoms with Gasteiger partial charge in [0.05, 0.1) is 31.2 Å². The Hall–Kier alpha value is -2.06. The van der Waals surface area contributed by atoms with E-state index in [1.54, 1.807) is 11.3 Å². The van der Waals surface area contributed by atoms with Gasteiger partial charge in [-0.25, -0.2) is 9.97 Å². The molecule has 0 unspecified atom stereocenters. The van der Waals surface area contributed by atoms with E-state index in [2.05, 4.69) is 45.9 Å².